The van der Waals surface area contributed by atoms with Crippen molar-refractivity contribution >= 4 is 16.7 Å². The molecule has 4 nitrogen and oxygen atoms in total. The van der Waals surface area contributed by atoms with Crippen LogP contribution in [0.5, 0.6) is 11.5 Å². The average molecular weight is 335 g/mol. The van der Waals surface area contributed by atoms with Gasteiger partial charge in [-0.15, -0.1) is 0 Å². The highest BCUT2D eigenvalue weighted by atomic mass is 16.5. The van der Waals surface area contributed by atoms with Gasteiger partial charge in [-0.2, -0.15) is 0 Å². The van der Waals surface area contributed by atoms with Gasteiger partial charge in [0.2, 0.25) is 0 Å². The van der Waals surface area contributed by atoms with Gasteiger partial charge in [0.05, 0.1) is 25.8 Å². The summed E-state index contributed by atoms with van der Waals surface area (Å²) in [5, 5.41) is 5.34. The van der Waals surface area contributed by atoms with Gasteiger partial charge < -0.3 is 14.8 Å². The smallest absolute Gasteiger partial charge is 0.255 e. The van der Waals surface area contributed by atoms with E-state index in [0.29, 0.717) is 17.1 Å². The second-order valence-corrected chi connectivity index (χ2v) is 5.80. The van der Waals surface area contributed by atoms with Crippen LogP contribution < -0.4 is 14.8 Å². The van der Waals surface area contributed by atoms with Crippen molar-refractivity contribution in [3.8, 4) is 11.5 Å². The fraction of sp³-hybridized carbons (Fsp3) is 0.190. The Labute approximate surface area is 147 Å². The van der Waals surface area contributed by atoms with Crippen LogP contribution in [0.15, 0.2) is 60.7 Å². The maximum absolute atomic E-state index is 12.8. The molecule has 0 fully saturated rings. The molecule has 128 valence electrons. The van der Waals surface area contributed by atoms with Crippen LogP contribution in [-0.2, 0) is 0 Å². The Kier molecular flexibility index (Phi) is 4.89. The normalized spacial score (nSPS) is 11.8. The lowest BCUT2D eigenvalue weighted by molar-refractivity contribution is 0.0936. The third-order valence-corrected chi connectivity index (χ3v) is 4.29. The number of methoxy groups -OCH3 is 2. The first kappa shape index (κ1) is 16.8. The Bertz CT molecular complexity index is 899. The summed E-state index contributed by atoms with van der Waals surface area (Å²) in [5.74, 6) is 0.775. The number of hydrogen-bond acceptors (Lipinski definition) is 3. The molecule has 0 unspecified atom stereocenters. The molecular formula is C21H21NO3. The summed E-state index contributed by atoms with van der Waals surface area (Å²) in [5.41, 5.74) is 1.53. The highest BCUT2D eigenvalue weighted by Crippen LogP contribution is 2.31. The summed E-state index contributed by atoms with van der Waals surface area (Å²) >= 11 is 0. The number of rotatable bonds is 5. The quantitative estimate of drug-likeness (QED) is 0.754. The molecule has 0 heterocycles. The second-order valence-electron chi connectivity index (χ2n) is 5.80. The van der Waals surface area contributed by atoms with E-state index < -0.39 is 0 Å². The van der Waals surface area contributed by atoms with Gasteiger partial charge in [0.15, 0.2) is 11.5 Å². The molecule has 0 aliphatic carbocycles. The molecule has 3 aromatic carbocycles. The molecule has 0 aliphatic rings. The van der Waals surface area contributed by atoms with Crippen LogP contribution in [0, 0.1) is 0 Å². The van der Waals surface area contributed by atoms with Crippen LogP contribution in [0.1, 0.15) is 28.9 Å². The third-order valence-electron chi connectivity index (χ3n) is 4.29. The molecule has 0 bridgehead atoms. The van der Waals surface area contributed by atoms with Crippen molar-refractivity contribution in [1.82, 2.24) is 5.32 Å². The van der Waals surface area contributed by atoms with Crippen molar-refractivity contribution in [2.45, 2.75) is 13.0 Å². The SMILES string of the molecule is COc1cccc(C(=O)N[C@@H](C)c2cccc3ccccc23)c1OC. The highest BCUT2D eigenvalue weighted by Gasteiger charge is 2.19. The number of ether oxygens (including phenoxy) is 2. The van der Waals surface area contributed by atoms with E-state index in [9.17, 15) is 4.79 Å². The maximum atomic E-state index is 12.8. The van der Waals surface area contributed by atoms with Crippen molar-refractivity contribution in [3.63, 3.8) is 0 Å². The van der Waals surface area contributed by atoms with Gasteiger partial charge in [0.1, 0.15) is 0 Å². The zero-order valence-electron chi connectivity index (χ0n) is 14.6. The lowest BCUT2D eigenvalue weighted by Gasteiger charge is -2.18. The fourth-order valence-corrected chi connectivity index (χ4v) is 3.05. The maximum Gasteiger partial charge on any atom is 0.255 e. The van der Waals surface area contributed by atoms with Crippen molar-refractivity contribution < 1.29 is 14.3 Å². The fourth-order valence-electron chi connectivity index (χ4n) is 3.05. The number of para-hydroxylation sites is 1. The topological polar surface area (TPSA) is 47.6 Å². The van der Waals surface area contributed by atoms with Gasteiger partial charge in [-0.25, -0.2) is 0 Å². The molecule has 1 N–H and O–H groups in total. The van der Waals surface area contributed by atoms with Crippen molar-refractivity contribution in [2.24, 2.45) is 0 Å². The number of fused-ring (bicyclic) bond motifs is 1. The summed E-state index contributed by atoms with van der Waals surface area (Å²) in [7, 11) is 3.08. The van der Waals surface area contributed by atoms with Gasteiger partial charge in [0.25, 0.3) is 5.91 Å². The Morgan fingerprint density at radius 2 is 1.64 bits per heavy atom. The molecule has 0 saturated heterocycles. The van der Waals surface area contributed by atoms with Crippen molar-refractivity contribution in [2.75, 3.05) is 14.2 Å². The lowest BCUT2D eigenvalue weighted by Crippen LogP contribution is -2.27. The van der Waals surface area contributed by atoms with Crippen LogP contribution in [0.2, 0.25) is 0 Å². The molecule has 0 spiro atoms. The number of nitrogens with one attached hydrogen (secondary N) is 1. The summed E-state index contributed by atoms with van der Waals surface area (Å²) in [6.45, 7) is 1.98. The van der Waals surface area contributed by atoms with Crippen LogP contribution in [0.3, 0.4) is 0 Å². The number of hydrogen-bond donors (Lipinski definition) is 1. The van der Waals surface area contributed by atoms with E-state index in [1.165, 1.54) is 7.11 Å². The van der Waals surface area contributed by atoms with E-state index in [4.69, 9.17) is 9.47 Å². The van der Waals surface area contributed by atoms with Crippen LogP contribution in [0.4, 0.5) is 0 Å². The minimum atomic E-state index is -0.198. The third kappa shape index (κ3) is 3.29. The van der Waals surface area contributed by atoms with Crippen LogP contribution in [0.25, 0.3) is 10.8 Å². The van der Waals surface area contributed by atoms with Crippen LogP contribution in [-0.4, -0.2) is 20.1 Å². The predicted octanol–water partition coefficient (Wildman–Crippen LogP) is 4.35. The number of carbonyl (C=O) groups excluding carboxylic acids is 1. The molecule has 4 heteroatoms. The first-order valence-corrected chi connectivity index (χ1v) is 8.15. The van der Waals surface area contributed by atoms with Crippen molar-refractivity contribution in [3.05, 3.63) is 71.8 Å². The Hall–Kier alpha value is -3.01. The zero-order chi connectivity index (χ0) is 17.8. The number of benzene rings is 3. The average Bonchev–Trinajstić information content (AvgIpc) is 2.66. The van der Waals surface area contributed by atoms with Gasteiger partial charge in [-0.05, 0) is 35.4 Å². The van der Waals surface area contributed by atoms with Crippen LogP contribution >= 0.6 is 0 Å². The molecule has 0 radical (unpaired) electrons. The molecular weight excluding hydrogens is 314 g/mol. The summed E-state index contributed by atoms with van der Waals surface area (Å²) in [6, 6.07) is 19.4. The van der Waals surface area contributed by atoms with E-state index in [-0.39, 0.29) is 11.9 Å². The molecule has 0 aliphatic heterocycles. The molecule has 1 atom stereocenters. The van der Waals surface area contributed by atoms with E-state index in [2.05, 4.69) is 23.5 Å². The number of amides is 1. The highest BCUT2D eigenvalue weighted by molar-refractivity contribution is 5.98. The largest absolute Gasteiger partial charge is 0.493 e. The predicted molar refractivity (Wildman–Crippen MR) is 99.4 cm³/mol. The summed E-state index contributed by atoms with van der Waals surface area (Å²) < 4.78 is 10.6. The standard InChI is InChI=1S/C21H21NO3/c1-14(16-11-6-9-15-8-4-5-10-17(15)16)22-21(23)18-12-7-13-19(24-2)20(18)25-3/h4-14H,1-3H3,(H,22,23)/t14-/m0/s1. The summed E-state index contributed by atoms with van der Waals surface area (Å²) in [4.78, 5) is 12.8. The van der Waals surface area contributed by atoms with Gasteiger partial charge in [-0.1, -0.05) is 48.5 Å². The first-order chi connectivity index (χ1) is 12.2. The van der Waals surface area contributed by atoms with Gasteiger partial charge in [0, 0.05) is 0 Å². The molecule has 25 heavy (non-hydrogen) atoms. The Balaban J connectivity index is 1.91. The Morgan fingerprint density at radius 3 is 2.40 bits per heavy atom. The van der Waals surface area contributed by atoms with E-state index in [0.717, 1.165) is 16.3 Å². The molecule has 3 rings (SSSR count). The van der Waals surface area contributed by atoms with E-state index >= 15 is 0 Å². The second kappa shape index (κ2) is 7.26. The minimum absolute atomic E-state index is 0.144. The van der Waals surface area contributed by atoms with Crippen molar-refractivity contribution in [1.29, 1.82) is 0 Å². The van der Waals surface area contributed by atoms with E-state index in [1.54, 1.807) is 25.3 Å². The van der Waals surface area contributed by atoms with Gasteiger partial charge in [-0.3, -0.25) is 4.79 Å². The van der Waals surface area contributed by atoms with Gasteiger partial charge >= 0.3 is 0 Å². The van der Waals surface area contributed by atoms with E-state index in [1.807, 2.05) is 31.2 Å². The lowest BCUT2D eigenvalue weighted by atomic mass is 9.99. The minimum Gasteiger partial charge on any atom is -0.493 e. The first-order valence-electron chi connectivity index (χ1n) is 8.15. The molecule has 1 amide bonds. The number of carbonyl (C=O) groups is 1. The zero-order valence-corrected chi connectivity index (χ0v) is 14.6. The summed E-state index contributed by atoms with van der Waals surface area (Å²) in [6.07, 6.45) is 0. The molecule has 3 aromatic rings. The monoisotopic (exact) mass is 335 g/mol. The molecule has 0 aromatic heterocycles. The Morgan fingerprint density at radius 1 is 0.920 bits per heavy atom. The molecule has 0 saturated carbocycles.